The Morgan fingerprint density at radius 2 is 1.29 bits per heavy atom. The van der Waals surface area contributed by atoms with Gasteiger partial charge in [0.25, 0.3) is 0 Å². The van der Waals surface area contributed by atoms with Crippen LogP contribution in [-0.2, 0) is 0 Å². The summed E-state index contributed by atoms with van der Waals surface area (Å²) in [6, 6.07) is 45.3. The third kappa shape index (κ3) is 3.72. The van der Waals surface area contributed by atoms with Crippen molar-refractivity contribution in [1.82, 2.24) is 4.57 Å². The summed E-state index contributed by atoms with van der Waals surface area (Å²) >= 11 is 3.84. The number of aromatic nitrogens is 1. The highest BCUT2D eigenvalue weighted by Gasteiger charge is 2.20. The van der Waals surface area contributed by atoms with Crippen LogP contribution in [0.3, 0.4) is 0 Å². The summed E-state index contributed by atoms with van der Waals surface area (Å²) in [4.78, 5) is 0. The van der Waals surface area contributed by atoms with E-state index in [9.17, 15) is 0 Å². The molecule has 3 aromatic heterocycles. The highest BCUT2D eigenvalue weighted by Crippen LogP contribution is 2.47. The minimum Gasteiger partial charge on any atom is -0.308 e. The maximum Gasteiger partial charge on any atom is 0.0640 e. The van der Waals surface area contributed by atoms with Crippen LogP contribution in [0.2, 0.25) is 0 Å². The molecule has 0 N–H and O–H groups in total. The second kappa shape index (κ2) is 9.77. The lowest BCUT2D eigenvalue weighted by molar-refractivity contribution is 0.854. The van der Waals surface area contributed by atoms with Gasteiger partial charge in [-0.25, -0.2) is 0 Å². The van der Waals surface area contributed by atoms with E-state index in [-0.39, 0.29) is 0 Å². The minimum atomic E-state index is 0.466. The molecular formula is C42H27NS2. The molecule has 45 heavy (non-hydrogen) atoms. The van der Waals surface area contributed by atoms with Crippen LogP contribution in [0.4, 0.5) is 0 Å². The van der Waals surface area contributed by atoms with E-state index >= 15 is 0 Å². The van der Waals surface area contributed by atoms with E-state index in [1.165, 1.54) is 84.5 Å². The van der Waals surface area contributed by atoms with Crippen molar-refractivity contribution < 1.29 is 0 Å². The highest BCUT2D eigenvalue weighted by atomic mass is 32.1. The molecule has 6 aromatic carbocycles. The standard InChI is InChI=1S/C42H27NS2/c1-2-10-26(11-3-1)27-20-22-28(23-21-27)29-14-8-15-32-33-24-25-36-39(42(33)45-40(29)32)34-13-4-6-17-35(34)43(36)37-18-9-16-31-30-12-5-7-19-38(30)44-41(31)37/h1-10,12-26H,11H2. The third-order valence-corrected chi connectivity index (χ3v) is 12.0. The van der Waals surface area contributed by atoms with Gasteiger partial charge in [0.05, 0.1) is 21.4 Å². The summed E-state index contributed by atoms with van der Waals surface area (Å²) in [6.45, 7) is 0. The third-order valence-electron chi connectivity index (χ3n) is 9.56. The molecule has 1 aliphatic carbocycles. The number of para-hydroxylation sites is 1. The van der Waals surface area contributed by atoms with Crippen LogP contribution in [-0.4, -0.2) is 4.57 Å². The maximum absolute atomic E-state index is 2.50. The molecular weight excluding hydrogens is 583 g/mol. The molecule has 3 heterocycles. The van der Waals surface area contributed by atoms with Gasteiger partial charge in [-0.05, 0) is 47.4 Å². The first-order chi connectivity index (χ1) is 22.3. The van der Waals surface area contributed by atoms with Crippen molar-refractivity contribution in [2.24, 2.45) is 0 Å². The lowest BCUT2D eigenvalue weighted by atomic mass is 9.91. The quantitative estimate of drug-likeness (QED) is 0.188. The minimum absolute atomic E-state index is 0.466. The van der Waals surface area contributed by atoms with E-state index in [1.54, 1.807) is 0 Å². The van der Waals surface area contributed by atoms with E-state index in [4.69, 9.17) is 0 Å². The molecule has 0 amide bonds. The van der Waals surface area contributed by atoms with Gasteiger partial charge in [-0.15, -0.1) is 22.7 Å². The van der Waals surface area contributed by atoms with Crippen molar-refractivity contribution in [3.8, 4) is 16.8 Å². The largest absolute Gasteiger partial charge is 0.308 e. The van der Waals surface area contributed by atoms with Crippen molar-refractivity contribution in [3.05, 3.63) is 151 Å². The molecule has 0 saturated heterocycles. The van der Waals surface area contributed by atoms with Gasteiger partial charge in [0.15, 0.2) is 0 Å². The average molecular weight is 610 g/mol. The van der Waals surface area contributed by atoms with Gasteiger partial charge in [0.2, 0.25) is 0 Å². The zero-order valence-electron chi connectivity index (χ0n) is 24.4. The van der Waals surface area contributed by atoms with Gasteiger partial charge in [-0.3, -0.25) is 0 Å². The van der Waals surface area contributed by atoms with Crippen LogP contribution in [0.1, 0.15) is 17.9 Å². The Balaban J connectivity index is 1.22. The fraction of sp³-hybridized carbons (Fsp3) is 0.0476. The summed E-state index contributed by atoms with van der Waals surface area (Å²) in [5, 5.41) is 7.99. The molecule has 0 bridgehead atoms. The monoisotopic (exact) mass is 609 g/mol. The molecule has 0 spiro atoms. The van der Waals surface area contributed by atoms with E-state index in [0.717, 1.165) is 6.42 Å². The summed E-state index contributed by atoms with van der Waals surface area (Å²) in [7, 11) is 0. The average Bonchev–Trinajstić information content (AvgIpc) is 3.78. The van der Waals surface area contributed by atoms with E-state index in [2.05, 4.69) is 150 Å². The molecule has 1 atom stereocenters. The molecule has 3 heteroatoms. The molecule has 0 saturated carbocycles. The molecule has 0 aliphatic heterocycles. The van der Waals surface area contributed by atoms with Gasteiger partial charge in [-0.2, -0.15) is 0 Å². The van der Waals surface area contributed by atoms with Crippen molar-refractivity contribution in [1.29, 1.82) is 0 Å². The fourth-order valence-electron chi connectivity index (χ4n) is 7.44. The predicted octanol–water partition coefficient (Wildman–Crippen LogP) is 12.8. The Morgan fingerprint density at radius 1 is 0.533 bits per heavy atom. The zero-order chi connectivity index (χ0) is 29.5. The van der Waals surface area contributed by atoms with E-state index in [0.29, 0.717) is 5.92 Å². The van der Waals surface area contributed by atoms with Gasteiger partial charge in [0.1, 0.15) is 0 Å². The molecule has 0 fully saturated rings. The lowest BCUT2D eigenvalue weighted by Crippen LogP contribution is -1.95. The SMILES string of the molecule is C1=CCC(c2ccc(-c3cccc4c3sc3c4ccc4c3c3ccccc3n4-c3cccc4c3sc3ccccc34)cc2)C=C1. The van der Waals surface area contributed by atoms with Crippen molar-refractivity contribution >= 4 is 84.8 Å². The normalized spacial score (nSPS) is 15.1. The van der Waals surface area contributed by atoms with Crippen LogP contribution < -0.4 is 0 Å². The maximum atomic E-state index is 2.50. The number of hydrogen-bond donors (Lipinski definition) is 0. The zero-order valence-corrected chi connectivity index (χ0v) is 26.0. The van der Waals surface area contributed by atoms with E-state index in [1.807, 2.05) is 22.7 Å². The van der Waals surface area contributed by atoms with Crippen LogP contribution in [0.5, 0.6) is 0 Å². The summed E-state index contributed by atoms with van der Waals surface area (Å²) in [6.07, 6.45) is 9.96. The predicted molar refractivity (Wildman–Crippen MR) is 198 cm³/mol. The lowest BCUT2D eigenvalue weighted by Gasteiger charge is -2.14. The van der Waals surface area contributed by atoms with Crippen LogP contribution in [0, 0.1) is 0 Å². The van der Waals surface area contributed by atoms with Crippen molar-refractivity contribution in [2.75, 3.05) is 0 Å². The second-order valence-electron chi connectivity index (χ2n) is 12.0. The smallest absolute Gasteiger partial charge is 0.0640 e. The van der Waals surface area contributed by atoms with Crippen LogP contribution in [0.25, 0.3) is 79.0 Å². The fourth-order valence-corrected chi connectivity index (χ4v) is 10.0. The number of fused-ring (bicyclic) bond motifs is 10. The Labute approximate surface area is 268 Å². The van der Waals surface area contributed by atoms with Gasteiger partial charge < -0.3 is 4.57 Å². The van der Waals surface area contributed by atoms with Gasteiger partial charge in [-0.1, -0.05) is 121 Å². The molecule has 1 aliphatic rings. The topological polar surface area (TPSA) is 4.93 Å². The molecule has 1 unspecified atom stereocenters. The highest BCUT2D eigenvalue weighted by molar-refractivity contribution is 7.27. The van der Waals surface area contributed by atoms with Gasteiger partial charge >= 0.3 is 0 Å². The Kier molecular flexibility index (Phi) is 5.51. The number of allylic oxidation sites excluding steroid dienone is 4. The Bertz CT molecular complexity index is 2680. The van der Waals surface area contributed by atoms with Gasteiger partial charge in [0, 0.05) is 52.3 Å². The Morgan fingerprint density at radius 3 is 2.16 bits per heavy atom. The molecule has 10 rings (SSSR count). The van der Waals surface area contributed by atoms with E-state index < -0.39 is 0 Å². The molecule has 1 nitrogen and oxygen atoms in total. The van der Waals surface area contributed by atoms with Crippen LogP contribution >= 0.6 is 22.7 Å². The number of nitrogens with zero attached hydrogens (tertiary/aromatic N) is 1. The van der Waals surface area contributed by atoms with Crippen molar-refractivity contribution in [3.63, 3.8) is 0 Å². The molecule has 9 aromatic rings. The first-order valence-electron chi connectivity index (χ1n) is 15.6. The first kappa shape index (κ1) is 25.4. The number of hydrogen-bond acceptors (Lipinski definition) is 2. The summed E-state index contributed by atoms with van der Waals surface area (Å²) in [5.74, 6) is 0.466. The summed E-state index contributed by atoms with van der Waals surface area (Å²) in [5.41, 5.74) is 7.74. The van der Waals surface area contributed by atoms with Crippen LogP contribution in [0.15, 0.2) is 146 Å². The Hall–Kier alpha value is -4.96. The van der Waals surface area contributed by atoms with Crippen molar-refractivity contribution in [2.45, 2.75) is 12.3 Å². The second-order valence-corrected chi connectivity index (χ2v) is 14.1. The number of rotatable bonds is 3. The first-order valence-corrected chi connectivity index (χ1v) is 17.2. The molecule has 212 valence electrons. The summed E-state index contributed by atoms with van der Waals surface area (Å²) < 4.78 is 7.89. The number of thiophene rings is 2. The molecule has 0 radical (unpaired) electrons. The number of benzene rings is 6.